The van der Waals surface area contributed by atoms with E-state index in [1.807, 2.05) is 0 Å². The number of unbranched alkanes of at least 4 members (excludes halogenated alkanes) is 10. The minimum absolute atomic E-state index is 0.0218. The molecule has 0 aromatic heterocycles. The van der Waals surface area contributed by atoms with Crippen LogP contribution >= 0.6 is 0 Å². The van der Waals surface area contributed by atoms with E-state index in [0.717, 1.165) is 57.8 Å². The Morgan fingerprint density at radius 2 is 0.978 bits per heavy atom. The number of carbonyl (C=O) groups is 5. The molecule has 0 fully saturated rings. The summed E-state index contributed by atoms with van der Waals surface area (Å²) in [5.41, 5.74) is 5.44. The van der Waals surface area contributed by atoms with E-state index in [-0.39, 0.29) is 35.8 Å². The molecule has 0 aromatic rings. The van der Waals surface area contributed by atoms with E-state index in [1.165, 1.54) is 6.92 Å². The normalized spacial score (nSPS) is 12.4. The van der Waals surface area contributed by atoms with Crippen LogP contribution in [0, 0.1) is 0 Å². The van der Waals surface area contributed by atoms with Gasteiger partial charge in [-0.2, -0.15) is 0 Å². The van der Waals surface area contributed by atoms with Crippen molar-refractivity contribution in [2.24, 2.45) is 5.73 Å². The molecule has 0 bridgehead atoms. The summed E-state index contributed by atoms with van der Waals surface area (Å²) in [6.07, 6.45) is 11.8. The predicted molar refractivity (Wildman–Crippen MR) is 173 cm³/mol. The minimum atomic E-state index is -0.972. The third kappa shape index (κ3) is 26.5. The average molecular weight is 643 g/mol. The Morgan fingerprint density at radius 1 is 0.578 bits per heavy atom. The number of aliphatic hydroxyl groups excluding tert-OH is 2. The van der Waals surface area contributed by atoms with Crippen molar-refractivity contribution < 1.29 is 39.4 Å². The summed E-state index contributed by atoms with van der Waals surface area (Å²) in [5.74, 6) is -0.731. The Balaban J connectivity index is 3.62. The van der Waals surface area contributed by atoms with Crippen LogP contribution in [0.3, 0.4) is 0 Å². The molecular formula is C33H62N4O8. The number of rotatable bonds is 31. The first-order chi connectivity index (χ1) is 21.6. The van der Waals surface area contributed by atoms with Gasteiger partial charge in [0, 0.05) is 52.2 Å². The maximum atomic E-state index is 12.2. The van der Waals surface area contributed by atoms with Crippen molar-refractivity contribution in [3.8, 4) is 0 Å². The van der Waals surface area contributed by atoms with Gasteiger partial charge in [0.25, 0.3) is 0 Å². The first kappa shape index (κ1) is 42.6. The highest BCUT2D eigenvalue weighted by molar-refractivity contribution is 5.83. The Kier molecular flexibility index (Phi) is 27.5. The van der Waals surface area contributed by atoms with E-state index < -0.39 is 12.2 Å². The summed E-state index contributed by atoms with van der Waals surface area (Å²) in [6.45, 7) is 3.31. The van der Waals surface area contributed by atoms with E-state index in [0.29, 0.717) is 102 Å². The average Bonchev–Trinajstić information content (AvgIpc) is 3.01. The highest BCUT2D eigenvalue weighted by atomic mass is 16.5. The highest BCUT2D eigenvalue weighted by Gasteiger charge is 2.15. The van der Waals surface area contributed by atoms with Crippen LogP contribution < -0.4 is 16.4 Å². The van der Waals surface area contributed by atoms with Gasteiger partial charge in [-0.25, -0.2) is 5.06 Å². The molecule has 7 N–H and O–H groups in total. The summed E-state index contributed by atoms with van der Waals surface area (Å²) in [5, 5.41) is 35.7. The summed E-state index contributed by atoms with van der Waals surface area (Å²) in [7, 11) is 0. The lowest BCUT2D eigenvalue weighted by Gasteiger charge is -2.12. The maximum Gasteiger partial charge on any atom is 0.242 e. The first-order valence-corrected chi connectivity index (χ1v) is 17.2. The molecule has 0 aliphatic carbocycles. The fourth-order valence-corrected chi connectivity index (χ4v) is 4.83. The largest absolute Gasteiger partial charge is 0.385 e. The monoisotopic (exact) mass is 642 g/mol. The molecule has 12 nitrogen and oxygen atoms in total. The topological polar surface area (TPSA) is 199 Å². The number of Topliss-reactive ketones (excluding diaryl/α,β-unsaturated/α-hetero) is 2. The Labute approximate surface area is 270 Å². The van der Waals surface area contributed by atoms with Gasteiger partial charge in [-0.3, -0.25) is 29.2 Å². The van der Waals surface area contributed by atoms with Gasteiger partial charge < -0.3 is 26.6 Å². The smallest absolute Gasteiger partial charge is 0.242 e. The molecule has 2 atom stereocenters. The molecule has 0 radical (unpaired) electrons. The second-order valence-electron chi connectivity index (χ2n) is 12.0. The van der Waals surface area contributed by atoms with E-state index in [9.17, 15) is 39.4 Å². The summed E-state index contributed by atoms with van der Waals surface area (Å²) >= 11 is 0. The number of hydroxylamine groups is 2. The van der Waals surface area contributed by atoms with E-state index in [2.05, 4.69) is 10.6 Å². The van der Waals surface area contributed by atoms with Crippen LogP contribution in [0.25, 0.3) is 0 Å². The number of aliphatic hydroxyl groups is 2. The second kappa shape index (κ2) is 29.0. The van der Waals surface area contributed by atoms with Crippen molar-refractivity contribution in [2.45, 2.75) is 154 Å². The fraction of sp³-hybridized carbons (Fsp3) is 0.848. The Hall–Kier alpha value is -2.41. The van der Waals surface area contributed by atoms with Crippen molar-refractivity contribution in [3.63, 3.8) is 0 Å². The second-order valence-corrected chi connectivity index (χ2v) is 12.0. The van der Waals surface area contributed by atoms with Crippen molar-refractivity contribution >= 4 is 29.3 Å². The van der Waals surface area contributed by atoms with Crippen molar-refractivity contribution in [2.75, 3.05) is 26.2 Å². The molecule has 2 unspecified atom stereocenters. The van der Waals surface area contributed by atoms with Crippen LogP contribution in [-0.2, 0) is 24.0 Å². The lowest BCUT2D eigenvalue weighted by Crippen LogP contribution is -2.26. The standard InChI is InChI=1S/C33H62N4O8/c1-27(38)37(45)26-16-6-15-25-36-33(44)22-12-3-8-18-29(40)31(42)20-10-5-14-24-35-32(43)21-11-2-7-17-28(39)30(41)19-9-4-13-23-34/h30-31,41-42,45H,2-26,34H2,1H3,(H,35,43)(H,36,44). The van der Waals surface area contributed by atoms with Gasteiger partial charge in [0.05, 0.1) is 0 Å². The van der Waals surface area contributed by atoms with Crippen molar-refractivity contribution in [1.29, 1.82) is 0 Å². The number of hydrogen-bond acceptors (Lipinski definition) is 9. The van der Waals surface area contributed by atoms with Gasteiger partial charge >= 0.3 is 0 Å². The van der Waals surface area contributed by atoms with Crippen LogP contribution in [0.5, 0.6) is 0 Å². The fourth-order valence-electron chi connectivity index (χ4n) is 4.83. The van der Waals surface area contributed by atoms with Crippen LogP contribution in [0.1, 0.15) is 142 Å². The van der Waals surface area contributed by atoms with E-state index >= 15 is 0 Å². The molecule has 0 saturated carbocycles. The van der Waals surface area contributed by atoms with Crippen LogP contribution in [-0.4, -0.2) is 88.2 Å². The Morgan fingerprint density at radius 3 is 1.42 bits per heavy atom. The molecule has 0 spiro atoms. The molecule has 0 rings (SSSR count). The highest BCUT2D eigenvalue weighted by Crippen LogP contribution is 2.11. The van der Waals surface area contributed by atoms with Gasteiger partial charge in [0.1, 0.15) is 12.2 Å². The van der Waals surface area contributed by atoms with E-state index in [1.54, 1.807) is 0 Å². The van der Waals surface area contributed by atoms with Crippen LogP contribution in [0.4, 0.5) is 0 Å². The third-order valence-corrected chi connectivity index (χ3v) is 7.79. The quantitative estimate of drug-likeness (QED) is 0.0372. The number of hydrogen-bond donors (Lipinski definition) is 6. The lowest BCUT2D eigenvalue weighted by atomic mass is 10.0. The molecule has 0 aromatic carbocycles. The number of carbonyl (C=O) groups excluding carboxylic acids is 5. The molecule has 12 heteroatoms. The van der Waals surface area contributed by atoms with Gasteiger partial charge in [-0.1, -0.05) is 38.5 Å². The van der Waals surface area contributed by atoms with Gasteiger partial charge in [-0.05, 0) is 77.2 Å². The SMILES string of the molecule is CC(=O)N(O)CCCCCNC(=O)CCCCCC(=O)C(O)CCCCCNC(=O)CCCCCC(=O)C(O)CCCCCN. The van der Waals surface area contributed by atoms with Gasteiger partial charge in [0.2, 0.25) is 17.7 Å². The number of nitrogens with one attached hydrogen (secondary N) is 2. The zero-order chi connectivity index (χ0) is 33.7. The number of nitrogens with two attached hydrogens (primary N) is 1. The van der Waals surface area contributed by atoms with Crippen molar-refractivity contribution in [1.82, 2.24) is 15.7 Å². The molecule has 262 valence electrons. The molecule has 0 aliphatic rings. The summed E-state index contributed by atoms with van der Waals surface area (Å²) < 4.78 is 0. The van der Waals surface area contributed by atoms with Crippen LogP contribution in [0.2, 0.25) is 0 Å². The number of ketones is 2. The minimum Gasteiger partial charge on any atom is -0.385 e. The van der Waals surface area contributed by atoms with Crippen molar-refractivity contribution in [3.05, 3.63) is 0 Å². The molecular weight excluding hydrogens is 580 g/mol. The number of amides is 3. The maximum absolute atomic E-state index is 12.2. The first-order valence-electron chi connectivity index (χ1n) is 17.2. The van der Waals surface area contributed by atoms with Gasteiger partial charge in [0.15, 0.2) is 11.6 Å². The molecule has 0 aliphatic heterocycles. The lowest BCUT2D eigenvalue weighted by molar-refractivity contribution is -0.162. The molecule has 3 amide bonds. The van der Waals surface area contributed by atoms with E-state index in [4.69, 9.17) is 5.73 Å². The summed E-state index contributed by atoms with van der Waals surface area (Å²) in [4.78, 5) is 59.0. The molecule has 0 saturated heterocycles. The summed E-state index contributed by atoms with van der Waals surface area (Å²) in [6, 6.07) is 0. The predicted octanol–water partition coefficient (Wildman–Crippen LogP) is 3.47. The zero-order valence-electron chi connectivity index (χ0n) is 27.7. The Bertz CT molecular complexity index is 827. The molecule has 45 heavy (non-hydrogen) atoms. The van der Waals surface area contributed by atoms with Gasteiger partial charge in [-0.15, -0.1) is 0 Å². The van der Waals surface area contributed by atoms with Crippen LogP contribution in [0.15, 0.2) is 0 Å². The molecule has 0 heterocycles. The zero-order valence-corrected chi connectivity index (χ0v) is 27.7. The third-order valence-electron chi connectivity index (χ3n) is 7.79. The number of nitrogens with zero attached hydrogens (tertiary/aromatic N) is 1.